The Morgan fingerprint density at radius 3 is 2.68 bits per heavy atom. The van der Waals surface area contributed by atoms with Crippen molar-refractivity contribution in [2.24, 2.45) is 16.5 Å². The van der Waals surface area contributed by atoms with Crippen molar-refractivity contribution in [3.8, 4) is 0 Å². The molecule has 0 bridgehead atoms. The van der Waals surface area contributed by atoms with E-state index >= 15 is 0 Å². The predicted molar refractivity (Wildman–Crippen MR) is 101 cm³/mol. The average Bonchev–Trinajstić information content (AvgIpc) is 2.55. The average molecular weight is 362 g/mol. The van der Waals surface area contributed by atoms with Gasteiger partial charge in [0.05, 0.1) is 17.9 Å². The fourth-order valence-electron chi connectivity index (χ4n) is 2.98. The van der Waals surface area contributed by atoms with Crippen molar-refractivity contribution >= 4 is 23.4 Å². The Morgan fingerprint density at radius 2 is 2.12 bits per heavy atom. The molecular formula is C19H24ClN3O2. The largest absolute Gasteiger partial charge is 0.463 e. The van der Waals surface area contributed by atoms with Crippen LogP contribution in [0.1, 0.15) is 43.7 Å². The zero-order valence-electron chi connectivity index (χ0n) is 14.8. The highest BCUT2D eigenvalue weighted by Gasteiger charge is 2.36. The second-order valence-electron chi connectivity index (χ2n) is 5.91. The van der Waals surface area contributed by atoms with Crippen LogP contribution in [0.25, 0.3) is 0 Å². The summed E-state index contributed by atoms with van der Waals surface area (Å²) in [5.74, 6) is -0.597. The molecular weight excluding hydrogens is 338 g/mol. The molecule has 134 valence electrons. The van der Waals surface area contributed by atoms with Crippen LogP contribution in [0.2, 0.25) is 5.02 Å². The van der Waals surface area contributed by atoms with E-state index in [0.717, 1.165) is 17.5 Å². The van der Waals surface area contributed by atoms with Gasteiger partial charge in [0.2, 0.25) is 0 Å². The van der Waals surface area contributed by atoms with Crippen LogP contribution < -0.4 is 11.5 Å². The van der Waals surface area contributed by atoms with Gasteiger partial charge in [0.15, 0.2) is 0 Å². The summed E-state index contributed by atoms with van der Waals surface area (Å²) >= 11 is 6.48. The number of esters is 1. The van der Waals surface area contributed by atoms with E-state index in [4.69, 9.17) is 27.8 Å². The summed E-state index contributed by atoms with van der Waals surface area (Å²) in [6.07, 6.45) is 2.83. The first-order chi connectivity index (χ1) is 11.9. The Bertz CT molecular complexity index is 766. The van der Waals surface area contributed by atoms with Gasteiger partial charge < -0.3 is 16.2 Å². The van der Waals surface area contributed by atoms with Gasteiger partial charge in [-0.05, 0) is 37.5 Å². The van der Waals surface area contributed by atoms with Crippen molar-refractivity contribution in [3.63, 3.8) is 0 Å². The SMILES string of the molecule is CCCC1=C(C(=O)OCC)C(c2ccc(C)cc2Cl)/C(=C/N)C(N)=N1. The van der Waals surface area contributed by atoms with Gasteiger partial charge in [-0.25, -0.2) is 9.79 Å². The molecule has 1 aliphatic rings. The maximum atomic E-state index is 12.7. The fourth-order valence-corrected chi connectivity index (χ4v) is 3.33. The van der Waals surface area contributed by atoms with Crippen LogP contribution in [-0.2, 0) is 9.53 Å². The predicted octanol–water partition coefficient (Wildman–Crippen LogP) is 3.56. The highest BCUT2D eigenvalue weighted by Crippen LogP contribution is 2.41. The first-order valence-electron chi connectivity index (χ1n) is 8.37. The number of aryl methyl sites for hydroxylation is 1. The van der Waals surface area contributed by atoms with Crippen molar-refractivity contribution in [2.45, 2.75) is 39.5 Å². The zero-order chi connectivity index (χ0) is 18.6. The van der Waals surface area contributed by atoms with Crippen LogP contribution in [0.15, 0.2) is 46.2 Å². The molecule has 1 atom stereocenters. The molecule has 0 radical (unpaired) electrons. The lowest BCUT2D eigenvalue weighted by Crippen LogP contribution is -2.30. The molecule has 1 unspecified atom stereocenters. The summed E-state index contributed by atoms with van der Waals surface area (Å²) < 4.78 is 5.28. The van der Waals surface area contributed by atoms with Crippen LogP contribution in [0.4, 0.5) is 0 Å². The normalized spacial score (nSPS) is 19.1. The minimum absolute atomic E-state index is 0.275. The quantitative estimate of drug-likeness (QED) is 0.784. The molecule has 1 heterocycles. The number of aliphatic imine (C=N–C) groups is 1. The number of amidine groups is 1. The number of ether oxygens (including phenoxy) is 1. The van der Waals surface area contributed by atoms with Crippen molar-refractivity contribution in [1.82, 2.24) is 0 Å². The molecule has 0 saturated carbocycles. The Morgan fingerprint density at radius 1 is 1.40 bits per heavy atom. The van der Waals surface area contributed by atoms with E-state index < -0.39 is 11.9 Å². The highest BCUT2D eigenvalue weighted by atomic mass is 35.5. The lowest BCUT2D eigenvalue weighted by atomic mass is 9.80. The van der Waals surface area contributed by atoms with Crippen molar-refractivity contribution in [1.29, 1.82) is 0 Å². The van der Waals surface area contributed by atoms with Gasteiger partial charge in [-0.3, -0.25) is 0 Å². The summed E-state index contributed by atoms with van der Waals surface area (Å²) in [4.78, 5) is 17.1. The van der Waals surface area contributed by atoms with Gasteiger partial charge >= 0.3 is 5.97 Å². The zero-order valence-corrected chi connectivity index (χ0v) is 15.6. The van der Waals surface area contributed by atoms with Crippen molar-refractivity contribution in [2.75, 3.05) is 6.61 Å². The van der Waals surface area contributed by atoms with E-state index in [9.17, 15) is 4.79 Å². The molecule has 0 amide bonds. The van der Waals surface area contributed by atoms with Crippen LogP contribution >= 0.6 is 11.6 Å². The van der Waals surface area contributed by atoms with Gasteiger partial charge in [-0.1, -0.05) is 37.1 Å². The smallest absolute Gasteiger partial charge is 0.336 e. The first kappa shape index (κ1) is 19.1. The lowest BCUT2D eigenvalue weighted by Gasteiger charge is -2.28. The van der Waals surface area contributed by atoms with Gasteiger partial charge in [-0.2, -0.15) is 0 Å². The number of hydrogen-bond donors (Lipinski definition) is 2. The minimum Gasteiger partial charge on any atom is -0.463 e. The number of carbonyl (C=O) groups is 1. The second-order valence-corrected chi connectivity index (χ2v) is 6.32. The van der Waals surface area contributed by atoms with E-state index in [1.807, 2.05) is 32.0 Å². The van der Waals surface area contributed by atoms with E-state index in [2.05, 4.69) is 4.99 Å². The monoisotopic (exact) mass is 361 g/mol. The molecule has 0 saturated heterocycles. The first-order valence-corrected chi connectivity index (χ1v) is 8.74. The lowest BCUT2D eigenvalue weighted by molar-refractivity contribution is -0.138. The third kappa shape index (κ3) is 3.87. The third-order valence-electron chi connectivity index (χ3n) is 4.09. The molecule has 5 nitrogen and oxygen atoms in total. The summed E-state index contributed by atoms with van der Waals surface area (Å²) in [6, 6.07) is 5.70. The topological polar surface area (TPSA) is 90.7 Å². The van der Waals surface area contributed by atoms with E-state index in [1.54, 1.807) is 6.92 Å². The number of carbonyl (C=O) groups excluding carboxylic acids is 1. The number of halogens is 1. The second kappa shape index (κ2) is 8.21. The molecule has 25 heavy (non-hydrogen) atoms. The van der Waals surface area contributed by atoms with Crippen LogP contribution in [0.3, 0.4) is 0 Å². The Balaban J connectivity index is 2.72. The number of hydrogen-bond acceptors (Lipinski definition) is 5. The number of allylic oxidation sites excluding steroid dienone is 1. The molecule has 1 aromatic carbocycles. The van der Waals surface area contributed by atoms with Crippen molar-refractivity contribution < 1.29 is 9.53 Å². The summed E-state index contributed by atoms with van der Waals surface area (Å²) in [6.45, 7) is 6.02. The van der Waals surface area contributed by atoms with Crippen molar-refractivity contribution in [3.05, 3.63) is 57.4 Å². The maximum absolute atomic E-state index is 12.7. The van der Waals surface area contributed by atoms with Gasteiger partial charge in [0.25, 0.3) is 0 Å². The van der Waals surface area contributed by atoms with E-state index in [-0.39, 0.29) is 6.61 Å². The Labute approximate surface area is 153 Å². The molecule has 0 aromatic heterocycles. The number of rotatable bonds is 5. The summed E-state index contributed by atoms with van der Waals surface area (Å²) in [5.41, 5.74) is 15.4. The molecule has 6 heteroatoms. The minimum atomic E-state index is -0.490. The van der Waals surface area contributed by atoms with Crippen LogP contribution in [0.5, 0.6) is 0 Å². The molecule has 0 fully saturated rings. The van der Waals surface area contributed by atoms with Gasteiger partial charge in [0, 0.05) is 22.7 Å². The Hall–Kier alpha value is -2.27. The number of nitrogens with zero attached hydrogens (tertiary/aromatic N) is 1. The third-order valence-corrected chi connectivity index (χ3v) is 4.42. The van der Waals surface area contributed by atoms with E-state index in [1.165, 1.54) is 6.20 Å². The Kier molecular flexibility index (Phi) is 6.26. The summed E-state index contributed by atoms with van der Waals surface area (Å²) in [5, 5.41) is 0.552. The van der Waals surface area contributed by atoms with E-state index in [0.29, 0.717) is 34.1 Å². The molecule has 1 aromatic rings. The molecule has 0 spiro atoms. The molecule has 0 aliphatic carbocycles. The standard InChI is InChI=1S/C19H24ClN3O2/c1-4-6-15-17(19(24)25-5-2)16(13(10-21)18(22)23-15)12-8-7-11(3)9-14(12)20/h7-10,16H,4-6,21H2,1-3H3,(H2,22,23)/b13-10-. The van der Waals surface area contributed by atoms with Gasteiger partial charge in [-0.15, -0.1) is 0 Å². The highest BCUT2D eigenvalue weighted by molar-refractivity contribution is 6.31. The molecule has 1 aliphatic heterocycles. The molecule has 2 rings (SSSR count). The van der Waals surface area contributed by atoms with Crippen LogP contribution in [-0.4, -0.2) is 18.4 Å². The number of nitrogens with two attached hydrogens (primary N) is 2. The van der Waals surface area contributed by atoms with Gasteiger partial charge in [0.1, 0.15) is 5.84 Å². The van der Waals surface area contributed by atoms with Crippen LogP contribution in [0, 0.1) is 6.92 Å². The molecule has 4 N–H and O–H groups in total. The summed E-state index contributed by atoms with van der Waals surface area (Å²) in [7, 11) is 0. The maximum Gasteiger partial charge on any atom is 0.336 e. The fraction of sp³-hybridized carbons (Fsp3) is 0.368. The number of benzene rings is 1.